The Labute approximate surface area is 427 Å². The molecule has 0 unspecified atom stereocenters. The van der Waals surface area contributed by atoms with Gasteiger partial charge in [-0.05, 0) is 142 Å². The van der Waals surface area contributed by atoms with Crippen LogP contribution in [-0.2, 0) is 27.1 Å². The first kappa shape index (κ1) is 45.7. The van der Waals surface area contributed by atoms with Gasteiger partial charge in [-0.15, -0.1) is 0 Å². The molecule has 10 aromatic rings. The minimum absolute atomic E-state index is 0.0636. The topological polar surface area (TPSA) is 16.4 Å². The van der Waals surface area contributed by atoms with E-state index in [1.807, 2.05) is 0 Å². The predicted octanol–water partition coefficient (Wildman–Crippen LogP) is 19.3. The fourth-order valence-corrected chi connectivity index (χ4v) is 12.5. The Bertz CT molecular complexity index is 3700. The Morgan fingerprint density at radius 3 is 1.57 bits per heavy atom. The van der Waals surface area contributed by atoms with Crippen molar-refractivity contribution in [3.05, 3.63) is 244 Å². The number of hydrogen-bond acceptors (Lipinski definition) is 2. The van der Waals surface area contributed by atoms with Crippen molar-refractivity contribution in [3.8, 4) is 33.4 Å². The van der Waals surface area contributed by atoms with E-state index >= 15 is 0 Å². The lowest BCUT2D eigenvalue weighted by Crippen LogP contribution is -2.30. The van der Waals surface area contributed by atoms with Crippen LogP contribution in [0.3, 0.4) is 0 Å². The zero-order valence-corrected chi connectivity index (χ0v) is 43.8. The van der Waals surface area contributed by atoms with Crippen LogP contribution in [0.1, 0.15) is 126 Å². The van der Waals surface area contributed by atoms with Crippen molar-refractivity contribution >= 4 is 39.0 Å². The molecule has 0 aliphatic heterocycles. The fourth-order valence-electron chi connectivity index (χ4n) is 12.5. The van der Waals surface area contributed by atoms with E-state index in [0.717, 1.165) is 39.0 Å². The average molecular weight is 936 g/mol. The van der Waals surface area contributed by atoms with Gasteiger partial charge >= 0.3 is 0 Å². The molecule has 0 amide bonds. The van der Waals surface area contributed by atoms with Gasteiger partial charge in [0, 0.05) is 22.2 Å². The summed E-state index contributed by atoms with van der Waals surface area (Å²) in [6.45, 7) is 26.0. The number of rotatable bonds is 6. The lowest BCUT2D eigenvalue weighted by molar-refractivity contribution is 0.568. The molecule has 0 N–H and O–H groups in total. The summed E-state index contributed by atoms with van der Waals surface area (Å²) < 4.78 is 6.66. The third-order valence-corrected chi connectivity index (χ3v) is 16.2. The minimum Gasteiger partial charge on any atom is -0.456 e. The summed E-state index contributed by atoms with van der Waals surface area (Å²) in [7, 11) is 0. The first-order chi connectivity index (χ1) is 34.4. The number of nitrogens with zero attached hydrogens (tertiary/aromatic N) is 1. The molecule has 0 saturated heterocycles. The summed E-state index contributed by atoms with van der Waals surface area (Å²) in [4.78, 5) is 2.51. The van der Waals surface area contributed by atoms with Gasteiger partial charge < -0.3 is 9.32 Å². The van der Waals surface area contributed by atoms with Gasteiger partial charge in [-0.1, -0.05) is 228 Å². The highest BCUT2D eigenvalue weighted by Gasteiger charge is 2.49. The number of para-hydroxylation sites is 1. The van der Waals surface area contributed by atoms with Crippen molar-refractivity contribution in [1.29, 1.82) is 0 Å². The van der Waals surface area contributed by atoms with Crippen molar-refractivity contribution in [2.45, 2.75) is 103 Å². The number of anilines is 3. The largest absolute Gasteiger partial charge is 0.456 e. The molecule has 2 aliphatic rings. The minimum atomic E-state index is -0.707. The van der Waals surface area contributed by atoms with E-state index in [0.29, 0.717) is 0 Å². The summed E-state index contributed by atoms with van der Waals surface area (Å²) in [5.74, 6) is 0. The molecule has 2 aliphatic carbocycles. The maximum atomic E-state index is 6.66. The molecule has 1 aromatic heterocycles. The molecule has 0 atom stereocenters. The van der Waals surface area contributed by atoms with Gasteiger partial charge in [-0.3, -0.25) is 0 Å². The number of benzene rings is 9. The van der Waals surface area contributed by atoms with Crippen molar-refractivity contribution < 1.29 is 4.42 Å². The maximum Gasteiger partial charge on any atom is 0.137 e. The van der Waals surface area contributed by atoms with Crippen molar-refractivity contribution in [1.82, 2.24) is 0 Å². The molecule has 356 valence electrons. The highest BCUT2D eigenvalue weighted by atomic mass is 16.3. The second kappa shape index (κ2) is 16.0. The third-order valence-electron chi connectivity index (χ3n) is 16.2. The van der Waals surface area contributed by atoms with Gasteiger partial charge in [0.1, 0.15) is 11.2 Å². The second-order valence-electron chi connectivity index (χ2n) is 24.2. The Balaban J connectivity index is 1.21. The summed E-state index contributed by atoms with van der Waals surface area (Å²) >= 11 is 0. The van der Waals surface area contributed by atoms with E-state index in [4.69, 9.17) is 4.42 Å². The van der Waals surface area contributed by atoms with E-state index in [9.17, 15) is 0 Å². The van der Waals surface area contributed by atoms with Crippen LogP contribution in [0.4, 0.5) is 17.1 Å². The van der Waals surface area contributed by atoms with Gasteiger partial charge in [0.05, 0.1) is 16.5 Å². The summed E-state index contributed by atoms with van der Waals surface area (Å²) in [5, 5.41) is 2.20. The van der Waals surface area contributed by atoms with Gasteiger partial charge in [-0.2, -0.15) is 0 Å². The van der Waals surface area contributed by atoms with E-state index in [1.54, 1.807) is 0 Å². The van der Waals surface area contributed by atoms with Crippen LogP contribution in [0.15, 0.2) is 199 Å². The monoisotopic (exact) mass is 936 g/mol. The smallest absolute Gasteiger partial charge is 0.137 e. The molecular formula is C70H65NO. The average Bonchev–Trinajstić information content (AvgIpc) is 3.97. The lowest BCUT2D eigenvalue weighted by atomic mass is 9.64. The van der Waals surface area contributed by atoms with Crippen LogP contribution in [-0.4, -0.2) is 0 Å². The van der Waals surface area contributed by atoms with Crippen molar-refractivity contribution in [2.24, 2.45) is 0 Å². The molecule has 0 saturated carbocycles. The summed E-state index contributed by atoms with van der Waals surface area (Å²) in [6.07, 6.45) is 0. The number of furan rings is 1. The normalized spacial score (nSPS) is 14.5. The Morgan fingerprint density at radius 2 is 0.944 bits per heavy atom. The first-order valence-electron chi connectivity index (χ1n) is 25.9. The quantitative estimate of drug-likeness (QED) is 0.165. The summed E-state index contributed by atoms with van der Waals surface area (Å²) in [5.41, 5.74) is 23.4. The molecule has 0 fully saturated rings. The standard InChI is InChI=1S/C70H65NO/c1-66(2,3)47-39-44(40-48(41-47)67(4,5)6)63-57(68(7,8)9)38-37-54-53-36-34-50(43-59(53)70(65(54)63,45-23-14-12-15-24-45)46-25-16-13-17-26-46)71(60-30-22-32-62-64(60)55-28-19-21-31-61(55)72-62)49-33-35-52-51-27-18-20-29-56(51)69(10,11)58(52)42-49/h12-43H,1-11H3. The van der Waals surface area contributed by atoms with Crippen LogP contribution >= 0.6 is 0 Å². The van der Waals surface area contributed by atoms with E-state index in [-0.39, 0.29) is 21.7 Å². The highest BCUT2D eigenvalue weighted by molar-refractivity contribution is 6.13. The van der Waals surface area contributed by atoms with E-state index in [2.05, 4.69) is 275 Å². The van der Waals surface area contributed by atoms with Gasteiger partial charge in [0.2, 0.25) is 0 Å². The molecule has 0 spiro atoms. The fraction of sp³-hybridized carbons (Fsp3) is 0.229. The SMILES string of the molecule is CC(C)(C)c1cc(-c2c(C(C)(C)C)ccc3c2C(c2ccccc2)(c2ccccc2)c2cc(N(c4ccc5c(c4)C(C)(C)c4ccccc4-5)c4cccc5oc6ccccc6c45)ccc2-3)cc(C(C)(C)C)c1. The third kappa shape index (κ3) is 6.89. The van der Waals surface area contributed by atoms with Crippen LogP contribution in [0, 0.1) is 0 Å². The molecule has 9 aromatic carbocycles. The number of hydrogen-bond donors (Lipinski definition) is 0. The molecule has 12 rings (SSSR count). The maximum absolute atomic E-state index is 6.66. The Morgan fingerprint density at radius 1 is 0.417 bits per heavy atom. The van der Waals surface area contributed by atoms with Crippen molar-refractivity contribution in [3.63, 3.8) is 0 Å². The molecule has 1 heterocycles. The van der Waals surface area contributed by atoms with Crippen LogP contribution in [0.5, 0.6) is 0 Å². The second-order valence-corrected chi connectivity index (χ2v) is 24.2. The van der Waals surface area contributed by atoms with Crippen LogP contribution < -0.4 is 4.90 Å². The van der Waals surface area contributed by atoms with Crippen molar-refractivity contribution in [2.75, 3.05) is 4.90 Å². The van der Waals surface area contributed by atoms with Gasteiger partial charge in [0.15, 0.2) is 0 Å². The molecular weight excluding hydrogens is 871 g/mol. The molecule has 2 heteroatoms. The first-order valence-corrected chi connectivity index (χ1v) is 25.9. The predicted molar refractivity (Wildman–Crippen MR) is 305 cm³/mol. The van der Waals surface area contributed by atoms with E-state index < -0.39 is 5.41 Å². The highest BCUT2D eigenvalue weighted by Crippen LogP contribution is 2.62. The summed E-state index contributed by atoms with van der Waals surface area (Å²) in [6, 6.07) is 73.6. The van der Waals surface area contributed by atoms with Gasteiger partial charge in [0.25, 0.3) is 0 Å². The molecule has 0 bridgehead atoms. The zero-order chi connectivity index (χ0) is 50.1. The van der Waals surface area contributed by atoms with Crippen LogP contribution in [0.2, 0.25) is 0 Å². The Hall–Kier alpha value is -7.42. The lowest BCUT2D eigenvalue weighted by Gasteiger charge is -2.38. The zero-order valence-electron chi connectivity index (χ0n) is 43.8. The molecule has 0 radical (unpaired) electrons. The molecule has 2 nitrogen and oxygen atoms in total. The van der Waals surface area contributed by atoms with E-state index in [1.165, 1.54) is 83.5 Å². The van der Waals surface area contributed by atoms with Crippen LogP contribution in [0.25, 0.3) is 55.3 Å². The Kier molecular flexibility index (Phi) is 10.2. The van der Waals surface area contributed by atoms with Gasteiger partial charge in [-0.25, -0.2) is 0 Å². The molecule has 72 heavy (non-hydrogen) atoms. The number of fused-ring (bicyclic) bond motifs is 9.